The molecule has 0 aliphatic carbocycles. The van der Waals surface area contributed by atoms with Gasteiger partial charge in [-0.1, -0.05) is 6.92 Å². The third-order valence-electron chi connectivity index (χ3n) is 3.79. The molecule has 1 atom stereocenters. The number of carbonyl (C=O) groups is 1. The molecule has 1 saturated heterocycles. The van der Waals surface area contributed by atoms with Gasteiger partial charge in [0.1, 0.15) is 6.04 Å². The number of ether oxygens (including phenoxy) is 1. The summed E-state index contributed by atoms with van der Waals surface area (Å²) < 4.78 is 4.95. The van der Waals surface area contributed by atoms with E-state index >= 15 is 0 Å². The minimum Gasteiger partial charge on any atom is -0.383 e. The highest BCUT2D eigenvalue weighted by atomic mass is 32.1. The van der Waals surface area contributed by atoms with Gasteiger partial charge in [-0.25, -0.2) is 0 Å². The van der Waals surface area contributed by atoms with Crippen molar-refractivity contribution < 1.29 is 9.53 Å². The summed E-state index contributed by atoms with van der Waals surface area (Å²) in [5, 5.41) is 0. The highest BCUT2D eigenvalue weighted by Crippen LogP contribution is 2.19. The van der Waals surface area contributed by atoms with Crippen molar-refractivity contribution in [2.75, 3.05) is 39.9 Å². The van der Waals surface area contributed by atoms with Crippen molar-refractivity contribution in [3.05, 3.63) is 21.9 Å². The zero-order valence-electron chi connectivity index (χ0n) is 12.9. The van der Waals surface area contributed by atoms with Crippen LogP contribution in [0, 0.1) is 0 Å². The summed E-state index contributed by atoms with van der Waals surface area (Å²) in [6.07, 6.45) is 1.10. The average Bonchev–Trinajstić information content (AvgIpc) is 2.95. The number of nitrogens with two attached hydrogens (primary N) is 1. The van der Waals surface area contributed by atoms with Crippen molar-refractivity contribution in [3.63, 3.8) is 0 Å². The van der Waals surface area contributed by atoms with Crippen LogP contribution in [0.5, 0.6) is 0 Å². The largest absolute Gasteiger partial charge is 0.383 e. The van der Waals surface area contributed by atoms with Gasteiger partial charge < -0.3 is 15.4 Å². The Kier molecular flexibility index (Phi) is 6.17. The highest BCUT2D eigenvalue weighted by Gasteiger charge is 2.25. The third-order valence-corrected chi connectivity index (χ3v) is 5.01. The van der Waals surface area contributed by atoms with Crippen LogP contribution in [0.15, 0.2) is 12.1 Å². The molecule has 1 aromatic heterocycles. The maximum absolute atomic E-state index is 12.1. The highest BCUT2D eigenvalue weighted by molar-refractivity contribution is 7.11. The number of piperazine rings is 1. The second kappa shape index (κ2) is 7.89. The lowest BCUT2D eigenvalue weighted by Gasteiger charge is -2.35. The molecule has 1 aromatic rings. The van der Waals surface area contributed by atoms with E-state index < -0.39 is 6.04 Å². The summed E-state index contributed by atoms with van der Waals surface area (Å²) >= 11 is 1.89. The number of hydrogen-bond donors (Lipinski definition) is 1. The van der Waals surface area contributed by atoms with E-state index in [1.54, 1.807) is 7.11 Å². The molecular formula is C15H25N3O2S. The summed E-state index contributed by atoms with van der Waals surface area (Å²) in [6.45, 7) is 6.77. The van der Waals surface area contributed by atoms with E-state index in [9.17, 15) is 4.79 Å². The first kappa shape index (κ1) is 16.4. The Bertz CT molecular complexity index is 456. The minimum atomic E-state index is -0.536. The van der Waals surface area contributed by atoms with Crippen LogP contribution >= 0.6 is 11.3 Å². The number of methoxy groups -OCH3 is 1. The maximum atomic E-state index is 12.1. The van der Waals surface area contributed by atoms with Gasteiger partial charge >= 0.3 is 0 Å². The van der Waals surface area contributed by atoms with Crippen molar-refractivity contribution >= 4 is 17.2 Å². The van der Waals surface area contributed by atoms with Gasteiger partial charge in [-0.2, -0.15) is 0 Å². The van der Waals surface area contributed by atoms with Gasteiger partial charge in [0.2, 0.25) is 5.91 Å². The summed E-state index contributed by atoms with van der Waals surface area (Å²) in [5.74, 6) is 0.000827. The number of amides is 1. The molecule has 5 nitrogen and oxygen atoms in total. The summed E-state index contributed by atoms with van der Waals surface area (Å²) in [5.41, 5.74) is 5.81. The Balaban J connectivity index is 1.79. The molecule has 1 fully saturated rings. The Morgan fingerprint density at radius 2 is 2.00 bits per heavy atom. The first-order valence-corrected chi connectivity index (χ1v) is 8.29. The Morgan fingerprint density at radius 1 is 1.33 bits per heavy atom. The van der Waals surface area contributed by atoms with E-state index in [1.165, 1.54) is 9.75 Å². The number of aryl methyl sites for hydroxylation is 1. The predicted molar refractivity (Wildman–Crippen MR) is 85.4 cm³/mol. The summed E-state index contributed by atoms with van der Waals surface area (Å²) in [6, 6.07) is 3.89. The molecule has 2 N–H and O–H groups in total. The van der Waals surface area contributed by atoms with Gasteiger partial charge in [0.15, 0.2) is 0 Å². The van der Waals surface area contributed by atoms with Gasteiger partial charge in [0, 0.05) is 49.6 Å². The van der Waals surface area contributed by atoms with Crippen LogP contribution in [-0.2, 0) is 22.5 Å². The lowest BCUT2D eigenvalue weighted by Crippen LogP contribution is -2.53. The molecule has 6 heteroatoms. The maximum Gasteiger partial charge on any atom is 0.241 e. The van der Waals surface area contributed by atoms with Crippen molar-refractivity contribution in [1.82, 2.24) is 9.80 Å². The van der Waals surface area contributed by atoms with Crippen LogP contribution in [0.1, 0.15) is 16.7 Å². The van der Waals surface area contributed by atoms with Crippen LogP contribution in [-0.4, -0.2) is 61.6 Å². The molecule has 0 saturated carbocycles. The first-order valence-electron chi connectivity index (χ1n) is 7.47. The van der Waals surface area contributed by atoms with E-state index in [0.29, 0.717) is 0 Å². The van der Waals surface area contributed by atoms with Gasteiger partial charge in [0.25, 0.3) is 0 Å². The molecule has 1 aliphatic heterocycles. The Morgan fingerprint density at radius 3 is 2.57 bits per heavy atom. The SMILES string of the molecule is CCc1ccc(CN2CCN(C(=O)C(N)COC)CC2)s1. The lowest BCUT2D eigenvalue weighted by molar-refractivity contribution is -0.135. The average molecular weight is 311 g/mol. The monoisotopic (exact) mass is 311 g/mol. The fourth-order valence-corrected chi connectivity index (χ4v) is 3.53. The number of nitrogens with zero attached hydrogens (tertiary/aromatic N) is 2. The smallest absolute Gasteiger partial charge is 0.241 e. The topological polar surface area (TPSA) is 58.8 Å². The number of rotatable bonds is 6. The Hall–Kier alpha value is -0.950. The van der Waals surface area contributed by atoms with Crippen molar-refractivity contribution in [2.45, 2.75) is 25.9 Å². The predicted octanol–water partition coefficient (Wildman–Crippen LogP) is 0.928. The first-order chi connectivity index (χ1) is 10.1. The molecule has 21 heavy (non-hydrogen) atoms. The molecule has 118 valence electrons. The molecule has 1 unspecified atom stereocenters. The molecule has 1 aliphatic rings. The second-order valence-electron chi connectivity index (χ2n) is 5.38. The Labute approximate surface area is 130 Å². The molecule has 2 heterocycles. The number of thiophene rings is 1. The fraction of sp³-hybridized carbons (Fsp3) is 0.667. The van der Waals surface area contributed by atoms with E-state index in [1.807, 2.05) is 16.2 Å². The lowest BCUT2D eigenvalue weighted by atomic mass is 10.2. The van der Waals surface area contributed by atoms with Crippen molar-refractivity contribution in [3.8, 4) is 0 Å². The van der Waals surface area contributed by atoms with Crippen LogP contribution in [0.25, 0.3) is 0 Å². The molecule has 0 aromatic carbocycles. The van der Waals surface area contributed by atoms with Gasteiger partial charge in [0.05, 0.1) is 6.61 Å². The van der Waals surface area contributed by atoms with Crippen LogP contribution in [0.4, 0.5) is 0 Å². The molecular weight excluding hydrogens is 286 g/mol. The van der Waals surface area contributed by atoms with Crippen LogP contribution in [0.2, 0.25) is 0 Å². The van der Waals surface area contributed by atoms with Gasteiger partial charge in [-0.05, 0) is 18.6 Å². The molecule has 0 bridgehead atoms. The molecule has 0 radical (unpaired) electrons. The van der Waals surface area contributed by atoms with Crippen molar-refractivity contribution in [1.29, 1.82) is 0 Å². The van der Waals surface area contributed by atoms with E-state index in [0.717, 1.165) is 39.1 Å². The van der Waals surface area contributed by atoms with E-state index in [-0.39, 0.29) is 12.5 Å². The van der Waals surface area contributed by atoms with Crippen LogP contribution < -0.4 is 5.73 Å². The zero-order valence-corrected chi connectivity index (χ0v) is 13.7. The number of hydrogen-bond acceptors (Lipinski definition) is 5. The fourth-order valence-electron chi connectivity index (χ4n) is 2.53. The normalized spacial score (nSPS) is 18.0. The van der Waals surface area contributed by atoms with E-state index in [4.69, 9.17) is 10.5 Å². The van der Waals surface area contributed by atoms with Crippen LogP contribution in [0.3, 0.4) is 0 Å². The molecule has 2 rings (SSSR count). The summed E-state index contributed by atoms with van der Waals surface area (Å²) in [7, 11) is 1.57. The second-order valence-corrected chi connectivity index (χ2v) is 6.64. The molecule has 1 amide bonds. The third kappa shape index (κ3) is 4.51. The molecule has 0 spiro atoms. The van der Waals surface area contributed by atoms with Gasteiger partial charge in [-0.3, -0.25) is 9.69 Å². The van der Waals surface area contributed by atoms with E-state index in [2.05, 4.69) is 24.0 Å². The quantitative estimate of drug-likeness (QED) is 0.849. The zero-order chi connectivity index (χ0) is 15.2. The number of carbonyl (C=O) groups excluding carboxylic acids is 1. The summed E-state index contributed by atoms with van der Waals surface area (Å²) in [4.78, 5) is 19.2. The van der Waals surface area contributed by atoms with Gasteiger partial charge in [-0.15, -0.1) is 11.3 Å². The minimum absolute atomic E-state index is 0.000827. The van der Waals surface area contributed by atoms with Crippen molar-refractivity contribution in [2.24, 2.45) is 5.73 Å². The standard InChI is InChI=1S/C15H25N3O2S/c1-3-12-4-5-13(21-12)10-17-6-8-18(9-7-17)15(19)14(16)11-20-2/h4-5,14H,3,6-11,16H2,1-2H3.